The van der Waals surface area contributed by atoms with Crippen molar-refractivity contribution in [1.82, 2.24) is 0 Å². The van der Waals surface area contributed by atoms with Gasteiger partial charge in [0.15, 0.2) is 0 Å². The van der Waals surface area contributed by atoms with Crippen LogP contribution in [0.25, 0.3) is 0 Å². The van der Waals surface area contributed by atoms with Crippen LogP contribution in [0.3, 0.4) is 0 Å². The first-order valence-corrected chi connectivity index (χ1v) is 8.55. The van der Waals surface area contributed by atoms with E-state index in [9.17, 15) is 10.2 Å². The maximum Gasteiger partial charge on any atom is 0.123 e. The maximum absolute atomic E-state index is 10.8. The van der Waals surface area contributed by atoms with Gasteiger partial charge in [-0.15, -0.1) is 0 Å². The van der Waals surface area contributed by atoms with E-state index in [1.165, 1.54) is 0 Å². The SMILES string of the molecule is Cc1ccc(O)cc1Cc1cc(C(C)(C)C)c(O)c(C(C)(C)C)c1. The zero-order valence-electron chi connectivity index (χ0n) is 16.0. The molecule has 2 N–H and O–H groups in total. The third-order valence-electron chi connectivity index (χ3n) is 4.51. The first kappa shape index (κ1) is 18.4. The first-order valence-electron chi connectivity index (χ1n) is 8.55. The Morgan fingerprint density at radius 2 is 1.29 bits per heavy atom. The fraction of sp³-hybridized carbons (Fsp3) is 0.455. The van der Waals surface area contributed by atoms with Crippen LogP contribution in [-0.2, 0) is 17.3 Å². The number of aryl methyl sites for hydroxylation is 1. The van der Waals surface area contributed by atoms with Gasteiger partial charge in [0.25, 0.3) is 0 Å². The van der Waals surface area contributed by atoms with Crippen molar-refractivity contribution in [1.29, 1.82) is 0 Å². The summed E-state index contributed by atoms with van der Waals surface area (Å²) in [6, 6.07) is 9.70. The molecule has 0 aromatic heterocycles. The quantitative estimate of drug-likeness (QED) is 0.755. The van der Waals surface area contributed by atoms with Crippen LogP contribution < -0.4 is 0 Å². The number of rotatable bonds is 2. The van der Waals surface area contributed by atoms with Gasteiger partial charge in [-0.25, -0.2) is 0 Å². The van der Waals surface area contributed by atoms with Gasteiger partial charge >= 0.3 is 0 Å². The van der Waals surface area contributed by atoms with Crippen molar-refractivity contribution in [2.24, 2.45) is 0 Å². The van der Waals surface area contributed by atoms with E-state index < -0.39 is 0 Å². The van der Waals surface area contributed by atoms with Gasteiger partial charge in [-0.2, -0.15) is 0 Å². The monoisotopic (exact) mass is 326 g/mol. The van der Waals surface area contributed by atoms with E-state index in [4.69, 9.17) is 0 Å². The van der Waals surface area contributed by atoms with Crippen molar-refractivity contribution in [3.63, 3.8) is 0 Å². The predicted molar refractivity (Wildman–Crippen MR) is 101 cm³/mol. The van der Waals surface area contributed by atoms with E-state index in [1.54, 1.807) is 6.07 Å². The Bertz CT molecular complexity index is 709. The molecular formula is C22H30O2. The van der Waals surface area contributed by atoms with Crippen LogP contribution in [0.2, 0.25) is 0 Å². The highest BCUT2D eigenvalue weighted by Crippen LogP contribution is 2.40. The van der Waals surface area contributed by atoms with Gasteiger partial charge in [-0.05, 0) is 64.1 Å². The van der Waals surface area contributed by atoms with Crippen molar-refractivity contribution in [3.8, 4) is 11.5 Å². The maximum atomic E-state index is 10.8. The van der Waals surface area contributed by atoms with E-state index in [2.05, 4.69) is 60.6 Å². The Kier molecular flexibility index (Phi) is 4.72. The van der Waals surface area contributed by atoms with Gasteiger partial charge in [0, 0.05) is 0 Å². The summed E-state index contributed by atoms with van der Waals surface area (Å²) in [5.74, 6) is 0.702. The van der Waals surface area contributed by atoms with Crippen LogP contribution in [-0.4, -0.2) is 10.2 Å². The molecule has 0 fully saturated rings. The van der Waals surface area contributed by atoms with Gasteiger partial charge in [0.2, 0.25) is 0 Å². The van der Waals surface area contributed by atoms with Crippen molar-refractivity contribution in [3.05, 3.63) is 58.1 Å². The van der Waals surface area contributed by atoms with E-state index in [1.807, 2.05) is 12.1 Å². The number of hydrogen-bond donors (Lipinski definition) is 2. The van der Waals surface area contributed by atoms with Gasteiger partial charge < -0.3 is 10.2 Å². The summed E-state index contributed by atoms with van der Waals surface area (Å²) in [5.41, 5.74) is 5.12. The number of phenols is 2. The summed E-state index contributed by atoms with van der Waals surface area (Å²) in [6.45, 7) is 14.8. The fourth-order valence-electron chi connectivity index (χ4n) is 3.01. The molecule has 0 atom stereocenters. The van der Waals surface area contributed by atoms with Gasteiger partial charge in [0.05, 0.1) is 0 Å². The molecule has 0 aliphatic heterocycles. The molecule has 0 amide bonds. The third kappa shape index (κ3) is 3.92. The Labute approximate surface area is 146 Å². The molecule has 2 rings (SSSR count). The molecule has 2 nitrogen and oxygen atoms in total. The average Bonchev–Trinajstić information content (AvgIpc) is 2.42. The van der Waals surface area contributed by atoms with E-state index >= 15 is 0 Å². The van der Waals surface area contributed by atoms with Crippen molar-refractivity contribution in [2.75, 3.05) is 0 Å². The zero-order valence-corrected chi connectivity index (χ0v) is 16.0. The number of phenolic OH excluding ortho intramolecular Hbond substituents is 2. The Morgan fingerprint density at radius 1 is 0.792 bits per heavy atom. The topological polar surface area (TPSA) is 40.5 Å². The van der Waals surface area contributed by atoms with Crippen LogP contribution in [0.15, 0.2) is 30.3 Å². The summed E-state index contributed by atoms with van der Waals surface area (Å²) in [5, 5.41) is 20.6. The highest BCUT2D eigenvalue weighted by atomic mass is 16.3. The second kappa shape index (κ2) is 6.16. The highest BCUT2D eigenvalue weighted by molar-refractivity contribution is 5.51. The van der Waals surface area contributed by atoms with E-state index in [0.717, 1.165) is 34.2 Å². The third-order valence-corrected chi connectivity index (χ3v) is 4.51. The number of hydrogen-bond acceptors (Lipinski definition) is 2. The Morgan fingerprint density at radius 3 is 1.75 bits per heavy atom. The molecule has 0 spiro atoms. The molecule has 2 heteroatoms. The number of aromatic hydroxyl groups is 2. The largest absolute Gasteiger partial charge is 0.508 e. The lowest BCUT2D eigenvalue weighted by atomic mass is 9.78. The molecule has 2 aromatic carbocycles. The summed E-state index contributed by atoms with van der Waals surface area (Å²) in [6.07, 6.45) is 0.743. The highest BCUT2D eigenvalue weighted by Gasteiger charge is 2.26. The lowest BCUT2D eigenvalue weighted by Crippen LogP contribution is -2.18. The normalized spacial score (nSPS) is 12.5. The van der Waals surface area contributed by atoms with Crippen LogP contribution in [0.1, 0.15) is 69.4 Å². The molecule has 0 aliphatic rings. The zero-order chi connectivity index (χ0) is 18.3. The second-order valence-electron chi connectivity index (χ2n) is 8.83. The standard InChI is InChI=1S/C22H30O2/c1-14-8-9-17(23)13-16(14)10-15-11-18(21(2,3)4)20(24)19(12-15)22(5,6)7/h8-9,11-13,23-24H,10H2,1-7H3. The molecule has 24 heavy (non-hydrogen) atoms. The molecule has 2 aromatic rings. The summed E-state index contributed by atoms with van der Waals surface area (Å²) < 4.78 is 0. The van der Waals surface area contributed by atoms with Crippen LogP contribution in [0, 0.1) is 6.92 Å². The van der Waals surface area contributed by atoms with Crippen molar-refractivity contribution < 1.29 is 10.2 Å². The lowest BCUT2D eigenvalue weighted by molar-refractivity contribution is 0.422. The molecule has 130 valence electrons. The average molecular weight is 326 g/mol. The Balaban J connectivity index is 2.60. The summed E-state index contributed by atoms with van der Waals surface area (Å²) >= 11 is 0. The molecule has 0 aliphatic carbocycles. The van der Waals surface area contributed by atoms with Gasteiger partial charge in [-0.3, -0.25) is 0 Å². The minimum atomic E-state index is -0.131. The Hall–Kier alpha value is -1.96. The molecule has 0 bridgehead atoms. The van der Waals surface area contributed by atoms with Crippen molar-refractivity contribution >= 4 is 0 Å². The first-order chi connectivity index (χ1) is 10.9. The molecule has 0 saturated heterocycles. The van der Waals surface area contributed by atoms with Crippen LogP contribution in [0.4, 0.5) is 0 Å². The van der Waals surface area contributed by atoms with E-state index in [-0.39, 0.29) is 10.8 Å². The van der Waals surface area contributed by atoms with Gasteiger partial charge in [0.1, 0.15) is 11.5 Å². The van der Waals surface area contributed by atoms with Crippen LogP contribution in [0.5, 0.6) is 11.5 Å². The molecule has 0 saturated carbocycles. The minimum absolute atomic E-state index is 0.131. The van der Waals surface area contributed by atoms with Gasteiger partial charge in [-0.1, -0.05) is 59.7 Å². The fourth-order valence-corrected chi connectivity index (χ4v) is 3.01. The number of benzene rings is 2. The smallest absolute Gasteiger partial charge is 0.123 e. The van der Waals surface area contributed by atoms with Crippen LogP contribution >= 0.6 is 0 Å². The van der Waals surface area contributed by atoms with E-state index in [0.29, 0.717) is 11.5 Å². The lowest BCUT2D eigenvalue weighted by Gasteiger charge is -2.28. The summed E-state index contributed by atoms with van der Waals surface area (Å²) in [4.78, 5) is 0. The second-order valence-corrected chi connectivity index (χ2v) is 8.83. The molecule has 0 radical (unpaired) electrons. The molecule has 0 unspecified atom stereocenters. The molecule has 0 heterocycles. The summed E-state index contributed by atoms with van der Waals surface area (Å²) in [7, 11) is 0. The molecular weight excluding hydrogens is 296 g/mol. The predicted octanol–water partition coefficient (Wildman–Crippen LogP) is 5.59. The minimum Gasteiger partial charge on any atom is -0.508 e. The van der Waals surface area contributed by atoms with Crippen molar-refractivity contribution in [2.45, 2.75) is 65.7 Å².